The van der Waals surface area contributed by atoms with E-state index in [1.807, 2.05) is 36.5 Å². The molecule has 5 rings (SSSR count). The fourth-order valence-electron chi connectivity index (χ4n) is 3.98. The van der Waals surface area contributed by atoms with Crippen molar-refractivity contribution in [2.45, 2.75) is 38.0 Å². The number of anilines is 2. The summed E-state index contributed by atoms with van der Waals surface area (Å²) in [7, 11) is 0. The summed E-state index contributed by atoms with van der Waals surface area (Å²) in [6.45, 7) is 2.18. The van der Waals surface area contributed by atoms with Crippen LogP contribution in [0.5, 0.6) is 0 Å². The molecule has 0 spiro atoms. The Labute approximate surface area is 159 Å². The first-order valence-corrected chi connectivity index (χ1v) is 9.93. The molecular formula is C22H24N4O. The number of nitrogens with one attached hydrogen (secondary N) is 1. The van der Waals surface area contributed by atoms with Gasteiger partial charge in [-0.25, -0.2) is 4.98 Å². The largest absolute Gasteiger partial charge is 0.371 e. The van der Waals surface area contributed by atoms with Crippen molar-refractivity contribution < 1.29 is 4.79 Å². The summed E-state index contributed by atoms with van der Waals surface area (Å²) in [5, 5.41) is 3.06. The molecule has 2 aliphatic rings. The number of carbonyl (C=O) groups excluding carboxylic acids is 1. The standard InChI is InChI=1S/C22H24N4O/c27-22(20-19-9-2-5-14-26(19)21(24-20)16-10-11-16)23-17-7-6-8-18(15-17)25-12-3-1-4-13-25/h2,5-9,14-16H,1,3-4,10-13H2,(H,23,27). The summed E-state index contributed by atoms with van der Waals surface area (Å²) < 4.78 is 2.07. The van der Waals surface area contributed by atoms with Crippen LogP contribution in [0.3, 0.4) is 0 Å². The Kier molecular flexibility index (Phi) is 4.07. The first-order valence-electron chi connectivity index (χ1n) is 9.93. The molecule has 5 heteroatoms. The van der Waals surface area contributed by atoms with Crippen LogP contribution in [0.4, 0.5) is 11.4 Å². The summed E-state index contributed by atoms with van der Waals surface area (Å²) in [5.41, 5.74) is 3.40. The van der Waals surface area contributed by atoms with E-state index in [0.717, 1.165) is 43.0 Å². The Hall–Kier alpha value is -2.82. The van der Waals surface area contributed by atoms with Gasteiger partial charge in [0.2, 0.25) is 0 Å². The lowest BCUT2D eigenvalue weighted by molar-refractivity contribution is 0.102. The van der Waals surface area contributed by atoms with Gasteiger partial charge in [0.1, 0.15) is 5.82 Å². The van der Waals surface area contributed by atoms with E-state index < -0.39 is 0 Å². The molecule has 1 aromatic carbocycles. The van der Waals surface area contributed by atoms with Crippen LogP contribution in [0.15, 0.2) is 48.7 Å². The molecule has 27 heavy (non-hydrogen) atoms. The molecule has 5 nitrogen and oxygen atoms in total. The molecule has 0 bridgehead atoms. The van der Waals surface area contributed by atoms with Crippen LogP contribution in [0.2, 0.25) is 0 Å². The number of nitrogens with zero attached hydrogens (tertiary/aromatic N) is 3. The van der Waals surface area contributed by atoms with Crippen LogP contribution in [0.1, 0.15) is 54.3 Å². The van der Waals surface area contributed by atoms with Gasteiger partial charge in [0, 0.05) is 36.6 Å². The van der Waals surface area contributed by atoms with E-state index in [2.05, 4.69) is 26.8 Å². The van der Waals surface area contributed by atoms with E-state index >= 15 is 0 Å². The minimum absolute atomic E-state index is 0.138. The molecule has 1 saturated heterocycles. The van der Waals surface area contributed by atoms with Gasteiger partial charge in [-0.3, -0.25) is 4.79 Å². The second-order valence-corrected chi connectivity index (χ2v) is 7.60. The second kappa shape index (κ2) is 6.72. The Morgan fingerprint density at radius 2 is 1.89 bits per heavy atom. The molecule has 2 aromatic heterocycles. The van der Waals surface area contributed by atoms with Crippen molar-refractivity contribution in [1.29, 1.82) is 0 Å². The first-order chi connectivity index (χ1) is 13.3. The zero-order valence-corrected chi connectivity index (χ0v) is 15.4. The number of hydrogen-bond donors (Lipinski definition) is 1. The van der Waals surface area contributed by atoms with Gasteiger partial charge in [-0.05, 0) is 62.4 Å². The lowest BCUT2D eigenvalue weighted by atomic mass is 10.1. The van der Waals surface area contributed by atoms with E-state index in [1.54, 1.807) is 0 Å². The van der Waals surface area contributed by atoms with E-state index in [9.17, 15) is 4.79 Å². The third-order valence-corrected chi connectivity index (χ3v) is 5.56. The molecule has 2 fully saturated rings. The topological polar surface area (TPSA) is 49.6 Å². The predicted molar refractivity (Wildman–Crippen MR) is 108 cm³/mol. The van der Waals surface area contributed by atoms with E-state index in [0.29, 0.717) is 11.6 Å². The van der Waals surface area contributed by atoms with Crippen molar-refractivity contribution in [3.05, 3.63) is 60.2 Å². The Bertz CT molecular complexity index is 983. The number of aromatic nitrogens is 2. The molecule has 3 aromatic rings. The summed E-state index contributed by atoms with van der Waals surface area (Å²) in [4.78, 5) is 20.1. The zero-order chi connectivity index (χ0) is 18.2. The average molecular weight is 360 g/mol. The Morgan fingerprint density at radius 1 is 1.04 bits per heavy atom. The quantitative estimate of drug-likeness (QED) is 0.748. The third-order valence-electron chi connectivity index (χ3n) is 5.56. The normalized spacial score (nSPS) is 17.3. The molecule has 1 amide bonds. The summed E-state index contributed by atoms with van der Waals surface area (Å²) >= 11 is 0. The number of carbonyl (C=O) groups is 1. The Balaban J connectivity index is 1.42. The number of pyridine rings is 1. The van der Waals surface area contributed by atoms with Crippen LogP contribution in [0.25, 0.3) is 5.52 Å². The van der Waals surface area contributed by atoms with E-state index in [-0.39, 0.29) is 5.91 Å². The first kappa shape index (κ1) is 16.4. The van der Waals surface area contributed by atoms with Crippen molar-refractivity contribution in [3.8, 4) is 0 Å². The van der Waals surface area contributed by atoms with Gasteiger partial charge in [-0.15, -0.1) is 0 Å². The van der Waals surface area contributed by atoms with Gasteiger partial charge in [-0.2, -0.15) is 0 Å². The van der Waals surface area contributed by atoms with E-state index in [1.165, 1.54) is 24.9 Å². The molecule has 1 N–H and O–H groups in total. The van der Waals surface area contributed by atoms with Crippen molar-refractivity contribution >= 4 is 22.8 Å². The molecule has 1 aliphatic carbocycles. The number of piperidine rings is 1. The highest BCUT2D eigenvalue weighted by Gasteiger charge is 2.30. The second-order valence-electron chi connectivity index (χ2n) is 7.60. The molecule has 0 radical (unpaired) electrons. The minimum atomic E-state index is -0.138. The lowest BCUT2D eigenvalue weighted by Crippen LogP contribution is -2.29. The number of amides is 1. The third kappa shape index (κ3) is 3.18. The van der Waals surface area contributed by atoms with Crippen LogP contribution >= 0.6 is 0 Å². The molecular weight excluding hydrogens is 336 g/mol. The minimum Gasteiger partial charge on any atom is -0.371 e. The smallest absolute Gasteiger partial charge is 0.276 e. The van der Waals surface area contributed by atoms with Crippen LogP contribution in [-0.4, -0.2) is 28.4 Å². The average Bonchev–Trinajstić information content (AvgIpc) is 3.49. The highest BCUT2D eigenvalue weighted by atomic mass is 16.1. The maximum atomic E-state index is 13.0. The van der Waals surface area contributed by atoms with Crippen molar-refractivity contribution in [2.24, 2.45) is 0 Å². The number of hydrogen-bond acceptors (Lipinski definition) is 3. The van der Waals surface area contributed by atoms with Crippen molar-refractivity contribution in [2.75, 3.05) is 23.3 Å². The summed E-state index contributed by atoms with van der Waals surface area (Å²) in [5.74, 6) is 1.36. The maximum absolute atomic E-state index is 13.0. The van der Waals surface area contributed by atoms with Gasteiger partial charge in [0.25, 0.3) is 5.91 Å². The van der Waals surface area contributed by atoms with Crippen LogP contribution in [-0.2, 0) is 0 Å². The highest BCUT2D eigenvalue weighted by molar-refractivity contribution is 6.07. The van der Waals surface area contributed by atoms with Gasteiger partial charge in [0.15, 0.2) is 5.69 Å². The molecule has 1 aliphatic heterocycles. The fraction of sp³-hybridized carbons (Fsp3) is 0.364. The van der Waals surface area contributed by atoms with Crippen molar-refractivity contribution in [1.82, 2.24) is 9.38 Å². The maximum Gasteiger partial charge on any atom is 0.276 e. The summed E-state index contributed by atoms with van der Waals surface area (Å²) in [6.07, 6.45) is 8.11. The van der Waals surface area contributed by atoms with E-state index in [4.69, 9.17) is 4.98 Å². The Morgan fingerprint density at radius 3 is 2.70 bits per heavy atom. The fourth-order valence-corrected chi connectivity index (χ4v) is 3.98. The number of benzene rings is 1. The molecule has 0 unspecified atom stereocenters. The van der Waals surface area contributed by atoms with Crippen molar-refractivity contribution in [3.63, 3.8) is 0 Å². The monoisotopic (exact) mass is 360 g/mol. The highest BCUT2D eigenvalue weighted by Crippen LogP contribution is 2.40. The number of rotatable bonds is 4. The van der Waals surface area contributed by atoms with Crippen LogP contribution in [0, 0.1) is 0 Å². The van der Waals surface area contributed by atoms with Gasteiger partial charge in [0.05, 0.1) is 5.52 Å². The van der Waals surface area contributed by atoms with Gasteiger partial charge in [-0.1, -0.05) is 12.1 Å². The van der Waals surface area contributed by atoms with Gasteiger partial charge >= 0.3 is 0 Å². The SMILES string of the molecule is O=C(Nc1cccc(N2CCCCC2)c1)c1nc(C2CC2)n2ccccc12. The number of imidazole rings is 1. The zero-order valence-electron chi connectivity index (χ0n) is 15.4. The summed E-state index contributed by atoms with van der Waals surface area (Å²) in [6, 6.07) is 14.1. The predicted octanol–water partition coefficient (Wildman–Crippen LogP) is 4.45. The molecule has 3 heterocycles. The van der Waals surface area contributed by atoms with Gasteiger partial charge < -0.3 is 14.6 Å². The van der Waals surface area contributed by atoms with Crippen LogP contribution < -0.4 is 10.2 Å². The number of fused-ring (bicyclic) bond motifs is 1. The molecule has 138 valence electrons. The lowest BCUT2D eigenvalue weighted by Gasteiger charge is -2.29. The molecule has 0 atom stereocenters. The molecule has 1 saturated carbocycles.